The largest absolute Gasteiger partial charge is 0.493 e. The predicted octanol–water partition coefficient (Wildman–Crippen LogP) is 4.03. The first-order valence-corrected chi connectivity index (χ1v) is 7.93. The lowest BCUT2D eigenvalue weighted by Gasteiger charge is -2.26. The Kier molecular flexibility index (Phi) is 4.41. The molecule has 0 bridgehead atoms. The van der Waals surface area contributed by atoms with Crippen LogP contribution in [0.2, 0.25) is 0 Å². The highest BCUT2D eigenvalue weighted by atomic mass is 16.5. The lowest BCUT2D eigenvalue weighted by molar-refractivity contribution is 0.266. The number of para-hydroxylation sites is 1. The van der Waals surface area contributed by atoms with Crippen LogP contribution in [0.5, 0.6) is 5.75 Å². The zero-order valence-corrected chi connectivity index (χ0v) is 12.4. The molecule has 0 radical (unpaired) electrons. The van der Waals surface area contributed by atoms with Crippen molar-refractivity contribution in [2.24, 2.45) is 0 Å². The van der Waals surface area contributed by atoms with E-state index in [1.54, 1.807) is 0 Å². The molecule has 0 spiro atoms. The molecule has 1 N–H and O–H groups in total. The number of hydrogen-bond donors (Lipinski definition) is 1. The molecule has 1 aromatic carbocycles. The summed E-state index contributed by atoms with van der Waals surface area (Å²) in [5.41, 5.74) is 2.91. The quantitative estimate of drug-likeness (QED) is 0.623. The summed E-state index contributed by atoms with van der Waals surface area (Å²) in [6, 6.07) is 9.33. The minimum Gasteiger partial charge on any atom is -0.493 e. The number of nitrogens with one attached hydrogen (secondary N) is 1. The number of benzene rings is 1. The summed E-state index contributed by atoms with van der Waals surface area (Å²) in [6.45, 7) is 4.26. The highest BCUT2D eigenvalue weighted by molar-refractivity contribution is 5.38. The average molecular weight is 271 g/mol. The summed E-state index contributed by atoms with van der Waals surface area (Å²) >= 11 is 0. The number of hydrogen-bond acceptors (Lipinski definition) is 2. The topological polar surface area (TPSA) is 21.3 Å². The first-order chi connectivity index (χ1) is 9.83. The Labute approximate surface area is 122 Å². The van der Waals surface area contributed by atoms with Crippen molar-refractivity contribution in [3.8, 4) is 5.75 Å². The smallest absolute Gasteiger partial charge is 0.122 e. The summed E-state index contributed by atoms with van der Waals surface area (Å²) in [4.78, 5) is 0. The maximum atomic E-state index is 5.74. The van der Waals surface area contributed by atoms with Gasteiger partial charge in [-0.15, -0.1) is 0 Å². The molecule has 1 aromatic rings. The van der Waals surface area contributed by atoms with Gasteiger partial charge in [-0.3, -0.25) is 0 Å². The van der Waals surface area contributed by atoms with Crippen LogP contribution in [0.4, 0.5) is 0 Å². The normalized spacial score (nSPS) is 22.2. The number of allylic oxidation sites excluding steroid dienone is 1. The van der Waals surface area contributed by atoms with Gasteiger partial charge < -0.3 is 10.1 Å². The Hall–Kier alpha value is -1.28. The maximum Gasteiger partial charge on any atom is 0.122 e. The van der Waals surface area contributed by atoms with E-state index in [1.807, 2.05) is 0 Å². The first-order valence-electron chi connectivity index (χ1n) is 7.93. The first kappa shape index (κ1) is 13.7. The maximum absolute atomic E-state index is 5.74. The molecule has 1 saturated carbocycles. The van der Waals surface area contributed by atoms with Gasteiger partial charge in [-0.1, -0.05) is 29.8 Å². The van der Waals surface area contributed by atoms with Crippen LogP contribution in [0.3, 0.4) is 0 Å². The van der Waals surface area contributed by atoms with E-state index in [1.165, 1.54) is 30.4 Å². The minimum atomic E-state index is 0.632. The summed E-state index contributed by atoms with van der Waals surface area (Å²) in [5, 5.41) is 3.57. The van der Waals surface area contributed by atoms with E-state index >= 15 is 0 Å². The van der Waals surface area contributed by atoms with Gasteiger partial charge in [-0.05, 0) is 63.1 Å². The van der Waals surface area contributed by atoms with Gasteiger partial charge >= 0.3 is 0 Å². The van der Waals surface area contributed by atoms with Gasteiger partial charge in [-0.2, -0.15) is 0 Å². The van der Waals surface area contributed by atoms with Gasteiger partial charge in [0.2, 0.25) is 0 Å². The van der Waals surface area contributed by atoms with E-state index in [-0.39, 0.29) is 0 Å². The summed E-state index contributed by atoms with van der Waals surface area (Å²) in [7, 11) is 0. The second kappa shape index (κ2) is 6.45. The molecule has 2 aliphatic rings. The van der Waals surface area contributed by atoms with Crippen LogP contribution >= 0.6 is 0 Å². The van der Waals surface area contributed by atoms with Gasteiger partial charge in [-0.25, -0.2) is 0 Å². The Morgan fingerprint density at radius 1 is 1.30 bits per heavy atom. The average Bonchev–Trinajstić information content (AvgIpc) is 3.28. The molecular weight excluding hydrogens is 246 g/mol. The molecule has 1 heterocycles. The summed E-state index contributed by atoms with van der Waals surface area (Å²) in [6.07, 6.45) is 8.64. The molecule has 1 atom stereocenters. The third-order valence-electron chi connectivity index (χ3n) is 4.30. The highest BCUT2D eigenvalue weighted by Gasteiger charge is 2.21. The molecule has 2 nitrogen and oxygen atoms in total. The zero-order chi connectivity index (χ0) is 13.8. The van der Waals surface area contributed by atoms with Crippen molar-refractivity contribution in [3.63, 3.8) is 0 Å². The standard InChI is InChI=1S/C18H25NO/c1-14(5-4-11-19-16-8-9-16)13-15-10-12-20-18-7-3-2-6-17(15)18/h2-3,5-7,15-16,19H,4,8-13H2,1H3/b14-5-. The van der Waals surface area contributed by atoms with Gasteiger partial charge in [0.05, 0.1) is 6.61 Å². The van der Waals surface area contributed by atoms with E-state index in [4.69, 9.17) is 4.74 Å². The van der Waals surface area contributed by atoms with Crippen molar-refractivity contribution in [1.29, 1.82) is 0 Å². The fourth-order valence-electron chi connectivity index (χ4n) is 2.99. The van der Waals surface area contributed by atoms with Crippen molar-refractivity contribution in [2.75, 3.05) is 13.2 Å². The molecule has 0 saturated heterocycles. The van der Waals surface area contributed by atoms with Gasteiger partial charge in [0.25, 0.3) is 0 Å². The van der Waals surface area contributed by atoms with E-state index in [0.29, 0.717) is 5.92 Å². The van der Waals surface area contributed by atoms with Gasteiger partial charge in [0, 0.05) is 6.04 Å². The Morgan fingerprint density at radius 2 is 2.15 bits per heavy atom. The van der Waals surface area contributed by atoms with E-state index in [2.05, 4.69) is 42.6 Å². The van der Waals surface area contributed by atoms with E-state index < -0.39 is 0 Å². The summed E-state index contributed by atoms with van der Waals surface area (Å²) in [5.74, 6) is 1.72. The van der Waals surface area contributed by atoms with Gasteiger partial charge in [0.15, 0.2) is 0 Å². The van der Waals surface area contributed by atoms with Gasteiger partial charge in [0.1, 0.15) is 5.75 Å². The number of ether oxygens (including phenoxy) is 1. The van der Waals surface area contributed by atoms with Crippen molar-refractivity contribution in [1.82, 2.24) is 5.32 Å². The minimum absolute atomic E-state index is 0.632. The van der Waals surface area contributed by atoms with Crippen LogP contribution in [0.25, 0.3) is 0 Å². The second-order valence-corrected chi connectivity index (χ2v) is 6.14. The molecule has 0 amide bonds. The SMILES string of the molecule is C/C(=C/CCNC1CC1)CC1CCOc2ccccc21. The Morgan fingerprint density at radius 3 is 3.00 bits per heavy atom. The molecule has 2 heteroatoms. The van der Waals surface area contributed by atoms with Crippen LogP contribution in [0.1, 0.15) is 50.5 Å². The fourth-order valence-corrected chi connectivity index (χ4v) is 2.99. The molecule has 0 aromatic heterocycles. The van der Waals surface area contributed by atoms with Crippen molar-refractivity contribution in [3.05, 3.63) is 41.5 Å². The van der Waals surface area contributed by atoms with Crippen LogP contribution in [0.15, 0.2) is 35.9 Å². The van der Waals surface area contributed by atoms with E-state index in [0.717, 1.165) is 37.8 Å². The third-order valence-corrected chi connectivity index (χ3v) is 4.30. The lowest BCUT2D eigenvalue weighted by Crippen LogP contribution is -2.17. The molecule has 20 heavy (non-hydrogen) atoms. The van der Waals surface area contributed by atoms with Crippen LogP contribution in [0, 0.1) is 0 Å². The highest BCUT2D eigenvalue weighted by Crippen LogP contribution is 2.37. The van der Waals surface area contributed by atoms with Crippen molar-refractivity contribution in [2.45, 2.75) is 51.0 Å². The second-order valence-electron chi connectivity index (χ2n) is 6.14. The molecule has 108 valence electrons. The number of rotatable bonds is 6. The van der Waals surface area contributed by atoms with Crippen LogP contribution in [-0.2, 0) is 0 Å². The molecule has 1 aliphatic heterocycles. The van der Waals surface area contributed by atoms with Crippen molar-refractivity contribution >= 4 is 0 Å². The fraction of sp³-hybridized carbons (Fsp3) is 0.556. The Balaban J connectivity index is 1.53. The number of fused-ring (bicyclic) bond motifs is 1. The molecule has 1 aliphatic carbocycles. The monoisotopic (exact) mass is 271 g/mol. The lowest BCUT2D eigenvalue weighted by atomic mass is 9.87. The summed E-state index contributed by atoms with van der Waals surface area (Å²) < 4.78 is 5.74. The van der Waals surface area contributed by atoms with Crippen LogP contribution in [-0.4, -0.2) is 19.2 Å². The van der Waals surface area contributed by atoms with Crippen molar-refractivity contribution < 1.29 is 4.74 Å². The molecule has 1 unspecified atom stereocenters. The zero-order valence-electron chi connectivity index (χ0n) is 12.4. The van der Waals surface area contributed by atoms with Crippen LogP contribution < -0.4 is 10.1 Å². The molecule has 1 fully saturated rings. The molecular formula is C18H25NO. The Bertz CT molecular complexity index is 476. The predicted molar refractivity (Wildman–Crippen MR) is 83.3 cm³/mol. The van der Waals surface area contributed by atoms with E-state index in [9.17, 15) is 0 Å². The third kappa shape index (κ3) is 3.63. The molecule has 3 rings (SSSR count).